The van der Waals surface area contributed by atoms with Gasteiger partial charge in [-0.1, -0.05) is 24.6 Å². The van der Waals surface area contributed by atoms with Crippen molar-refractivity contribution >= 4 is 23.3 Å². The number of amides is 1. The van der Waals surface area contributed by atoms with Gasteiger partial charge < -0.3 is 9.64 Å². The average molecular weight is 397 g/mol. The summed E-state index contributed by atoms with van der Waals surface area (Å²) < 4.78 is 6.98. The zero-order valence-corrected chi connectivity index (χ0v) is 16.8. The lowest BCUT2D eigenvalue weighted by molar-refractivity contribution is -0.128. The van der Waals surface area contributed by atoms with Crippen LogP contribution in [0.25, 0.3) is 16.9 Å². The Morgan fingerprint density at radius 2 is 1.82 bits per heavy atom. The number of aromatic nitrogens is 3. The number of hydrogen-bond acceptors (Lipinski definition) is 5. The van der Waals surface area contributed by atoms with E-state index in [0.717, 1.165) is 53.6 Å². The summed E-state index contributed by atoms with van der Waals surface area (Å²) in [7, 11) is 1.65. The predicted molar refractivity (Wildman–Crippen MR) is 111 cm³/mol. The lowest BCUT2D eigenvalue weighted by Gasteiger charge is -2.19. The molecule has 3 aromatic rings. The molecule has 28 heavy (non-hydrogen) atoms. The van der Waals surface area contributed by atoms with Crippen LogP contribution < -0.4 is 4.74 Å². The number of ether oxygens (including phenoxy) is 1. The minimum absolute atomic E-state index is 0.207. The van der Waals surface area contributed by atoms with Crippen molar-refractivity contribution < 1.29 is 9.53 Å². The second kappa shape index (κ2) is 8.65. The molecule has 3 heterocycles. The molecule has 146 valence electrons. The van der Waals surface area contributed by atoms with Gasteiger partial charge in [-0.2, -0.15) is 5.10 Å². The Morgan fingerprint density at radius 1 is 1.07 bits per heavy atom. The van der Waals surface area contributed by atoms with Crippen molar-refractivity contribution in [2.45, 2.75) is 30.7 Å². The first kappa shape index (κ1) is 18.8. The van der Waals surface area contributed by atoms with E-state index in [1.54, 1.807) is 11.6 Å². The Labute approximate surface area is 168 Å². The Hall–Kier alpha value is -2.54. The number of carbonyl (C=O) groups excluding carboxylic acids is 1. The first-order chi connectivity index (χ1) is 13.7. The molecule has 1 aliphatic heterocycles. The maximum absolute atomic E-state index is 12.5. The largest absolute Gasteiger partial charge is 0.497 e. The van der Waals surface area contributed by atoms with Gasteiger partial charge in [0.05, 0.1) is 24.8 Å². The van der Waals surface area contributed by atoms with Gasteiger partial charge in [-0.3, -0.25) is 4.79 Å². The summed E-state index contributed by atoms with van der Waals surface area (Å²) >= 11 is 1.49. The summed E-state index contributed by atoms with van der Waals surface area (Å²) in [4.78, 5) is 19.1. The van der Waals surface area contributed by atoms with Crippen molar-refractivity contribution in [1.82, 2.24) is 19.5 Å². The van der Waals surface area contributed by atoms with Gasteiger partial charge in [0.15, 0.2) is 5.65 Å². The highest BCUT2D eigenvalue weighted by Crippen LogP contribution is 2.23. The van der Waals surface area contributed by atoms with Crippen molar-refractivity contribution in [3.8, 4) is 17.0 Å². The van der Waals surface area contributed by atoms with Crippen LogP contribution >= 0.6 is 11.8 Å². The third-order valence-electron chi connectivity index (χ3n) is 4.98. The van der Waals surface area contributed by atoms with Crippen LogP contribution in [0, 0.1) is 0 Å². The fourth-order valence-electron chi connectivity index (χ4n) is 3.39. The van der Waals surface area contributed by atoms with Crippen molar-refractivity contribution in [3.05, 3.63) is 42.6 Å². The summed E-state index contributed by atoms with van der Waals surface area (Å²) in [5.74, 6) is 1.45. The molecule has 0 bridgehead atoms. The standard InChI is InChI=1S/C21H24N4O2S/c1-27-17-8-6-16(7-9-17)18-14-25-19(22-18)10-11-20(23-25)28-15-21(26)24-12-4-2-3-5-13-24/h6-11,14H,2-5,12-13,15H2,1H3. The number of methoxy groups -OCH3 is 1. The Balaban J connectivity index is 1.44. The molecule has 0 aliphatic carbocycles. The minimum Gasteiger partial charge on any atom is -0.497 e. The predicted octanol–water partition coefficient (Wildman–Crippen LogP) is 3.90. The molecule has 1 saturated heterocycles. The molecule has 2 aromatic heterocycles. The third kappa shape index (κ3) is 4.30. The quantitative estimate of drug-likeness (QED) is 0.612. The van der Waals surface area contributed by atoms with Gasteiger partial charge in [-0.25, -0.2) is 9.50 Å². The highest BCUT2D eigenvalue weighted by atomic mass is 32.2. The Kier molecular flexibility index (Phi) is 5.81. The second-order valence-corrected chi connectivity index (χ2v) is 7.91. The fourth-order valence-corrected chi connectivity index (χ4v) is 4.15. The smallest absolute Gasteiger partial charge is 0.232 e. The van der Waals surface area contributed by atoms with Gasteiger partial charge >= 0.3 is 0 Å². The van der Waals surface area contributed by atoms with Gasteiger partial charge in [0.2, 0.25) is 5.91 Å². The lowest BCUT2D eigenvalue weighted by Crippen LogP contribution is -2.33. The van der Waals surface area contributed by atoms with E-state index in [-0.39, 0.29) is 5.91 Å². The highest BCUT2D eigenvalue weighted by molar-refractivity contribution is 7.99. The Morgan fingerprint density at radius 3 is 2.54 bits per heavy atom. The van der Waals surface area contributed by atoms with Crippen LogP contribution in [-0.4, -0.2) is 51.4 Å². The average Bonchev–Trinajstić information content (AvgIpc) is 2.96. The van der Waals surface area contributed by atoms with Crippen molar-refractivity contribution in [2.24, 2.45) is 0 Å². The van der Waals surface area contributed by atoms with Crippen LogP contribution in [0.2, 0.25) is 0 Å². The number of carbonyl (C=O) groups is 1. The van der Waals surface area contributed by atoms with Crippen LogP contribution in [0.5, 0.6) is 5.75 Å². The maximum atomic E-state index is 12.5. The maximum Gasteiger partial charge on any atom is 0.232 e. The summed E-state index contributed by atoms with van der Waals surface area (Å²) in [6, 6.07) is 11.7. The van der Waals surface area contributed by atoms with Crippen LogP contribution in [-0.2, 0) is 4.79 Å². The molecule has 0 saturated carbocycles. The fraction of sp³-hybridized carbons (Fsp3) is 0.381. The molecular weight excluding hydrogens is 372 g/mol. The van der Waals surface area contributed by atoms with E-state index in [1.165, 1.54) is 24.6 Å². The molecule has 0 radical (unpaired) electrons. The second-order valence-electron chi connectivity index (χ2n) is 6.91. The number of hydrogen-bond donors (Lipinski definition) is 0. The van der Waals surface area contributed by atoms with Crippen LogP contribution in [0.3, 0.4) is 0 Å². The molecule has 6 nitrogen and oxygen atoms in total. The monoisotopic (exact) mass is 396 g/mol. The molecule has 0 spiro atoms. The summed E-state index contributed by atoms with van der Waals surface area (Å²) in [5.41, 5.74) is 2.66. The zero-order valence-electron chi connectivity index (χ0n) is 16.0. The minimum atomic E-state index is 0.207. The summed E-state index contributed by atoms with van der Waals surface area (Å²) in [6.45, 7) is 1.77. The molecule has 1 fully saturated rings. The normalized spacial score (nSPS) is 14.8. The van der Waals surface area contributed by atoms with E-state index >= 15 is 0 Å². The SMILES string of the molecule is COc1ccc(-c2cn3nc(SCC(=O)N4CCCCCC4)ccc3n2)cc1. The number of thioether (sulfide) groups is 1. The number of benzene rings is 1. The number of nitrogens with zero attached hydrogens (tertiary/aromatic N) is 4. The third-order valence-corrected chi connectivity index (χ3v) is 5.89. The van der Waals surface area contributed by atoms with Gasteiger partial charge in [-0.05, 0) is 49.2 Å². The van der Waals surface area contributed by atoms with Gasteiger partial charge in [0, 0.05) is 18.7 Å². The number of fused-ring (bicyclic) bond motifs is 1. The van der Waals surface area contributed by atoms with Crippen LogP contribution in [0.15, 0.2) is 47.6 Å². The van der Waals surface area contributed by atoms with Crippen molar-refractivity contribution in [1.29, 1.82) is 0 Å². The van der Waals surface area contributed by atoms with Crippen LogP contribution in [0.1, 0.15) is 25.7 Å². The molecule has 1 aliphatic rings. The van der Waals surface area contributed by atoms with Crippen molar-refractivity contribution in [3.63, 3.8) is 0 Å². The molecule has 0 atom stereocenters. The molecule has 7 heteroatoms. The van der Waals surface area contributed by atoms with E-state index in [4.69, 9.17) is 4.74 Å². The topological polar surface area (TPSA) is 59.7 Å². The molecule has 4 rings (SSSR count). The summed E-state index contributed by atoms with van der Waals surface area (Å²) in [5, 5.41) is 5.44. The van der Waals surface area contributed by atoms with Gasteiger partial charge in [-0.15, -0.1) is 0 Å². The first-order valence-electron chi connectivity index (χ1n) is 9.64. The van der Waals surface area contributed by atoms with Crippen molar-refractivity contribution in [2.75, 3.05) is 26.0 Å². The highest BCUT2D eigenvalue weighted by Gasteiger charge is 2.16. The lowest BCUT2D eigenvalue weighted by atomic mass is 10.2. The van der Waals surface area contributed by atoms with E-state index in [0.29, 0.717) is 5.75 Å². The molecule has 1 aromatic carbocycles. The molecule has 1 amide bonds. The van der Waals surface area contributed by atoms with E-state index in [9.17, 15) is 4.79 Å². The van der Waals surface area contributed by atoms with Gasteiger partial charge in [0.25, 0.3) is 0 Å². The number of rotatable bonds is 5. The van der Waals surface area contributed by atoms with E-state index in [2.05, 4.69) is 10.1 Å². The van der Waals surface area contributed by atoms with E-state index < -0.39 is 0 Å². The van der Waals surface area contributed by atoms with Gasteiger partial charge in [0.1, 0.15) is 10.8 Å². The first-order valence-corrected chi connectivity index (χ1v) is 10.6. The van der Waals surface area contributed by atoms with E-state index in [1.807, 2.05) is 47.5 Å². The molecule has 0 unspecified atom stereocenters. The summed E-state index contributed by atoms with van der Waals surface area (Å²) in [6.07, 6.45) is 6.60. The molecule has 0 N–H and O–H groups in total. The van der Waals surface area contributed by atoms with Crippen LogP contribution in [0.4, 0.5) is 0 Å². The molecular formula is C21H24N4O2S. The number of imidazole rings is 1. The number of likely N-dealkylation sites (tertiary alicyclic amines) is 1. The zero-order chi connectivity index (χ0) is 19.3. The Bertz CT molecular complexity index is 947.